The first-order chi connectivity index (χ1) is 5.95. The van der Waals surface area contributed by atoms with Crippen molar-refractivity contribution in [1.29, 1.82) is 0 Å². The maximum atomic E-state index is 12.2. The molecule has 0 fully saturated rings. The molecule has 0 saturated heterocycles. The van der Waals surface area contributed by atoms with E-state index in [0.717, 1.165) is 17.5 Å². The van der Waals surface area contributed by atoms with Gasteiger partial charge in [-0.15, -0.1) is 11.3 Å². The molecule has 7 heteroatoms. The summed E-state index contributed by atoms with van der Waals surface area (Å²) >= 11 is 3.77. The Bertz CT molecular complexity index is 288. The van der Waals surface area contributed by atoms with Crippen LogP contribution in [0, 0.1) is 7.11 Å². The summed E-state index contributed by atoms with van der Waals surface area (Å²) in [6.07, 6.45) is -5.54. The van der Waals surface area contributed by atoms with Crippen LogP contribution in [0.15, 0.2) is 10.1 Å². The minimum absolute atomic E-state index is 0.0816. The molecule has 0 aromatic carbocycles. The lowest BCUT2D eigenvalue weighted by Gasteiger charge is -2.15. The summed E-state index contributed by atoms with van der Waals surface area (Å²) in [4.78, 5) is 3.52. The molecule has 0 aliphatic rings. The summed E-state index contributed by atoms with van der Waals surface area (Å²) < 4.78 is 40.7. The molecule has 13 heavy (non-hydrogen) atoms. The van der Waals surface area contributed by atoms with E-state index in [9.17, 15) is 13.2 Å². The molecule has 0 spiro atoms. The Labute approximate surface area is 84.9 Å². The molecular formula is C6H3BrF3NOS. The van der Waals surface area contributed by atoms with Gasteiger partial charge < -0.3 is 4.74 Å². The highest BCUT2D eigenvalue weighted by molar-refractivity contribution is 9.11. The average molecular weight is 274 g/mol. The molecule has 0 aliphatic carbocycles. The summed E-state index contributed by atoms with van der Waals surface area (Å²) in [5, 5.41) is 0. The first-order valence-corrected chi connectivity index (χ1v) is 4.59. The second-order valence-corrected chi connectivity index (χ2v) is 4.41. The molecule has 1 aromatic heterocycles. The predicted octanol–water partition coefficient (Wildman–Crippen LogP) is 3.19. The summed E-state index contributed by atoms with van der Waals surface area (Å²) in [6, 6.07) is 0. The smallest absolute Gasteiger partial charge is 0.354 e. The van der Waals surface area contributed by atoms with Gasteiger partial charge >= 0.3 is 6.18 Å². The molecule has 0 bridgehead atoms. The van der Waals surface area contributed by atoms with E-state index in [1.54, 1.807) is 0 Å². The normalized spacial score (nSPS) is 14.5. The predicted molar refractivity (Wildman–Crippen MR) is 44.0 cm³/mol. The van der Waals surface area contributed by atoms with Gasteiger partial charge in [-0.2, -0.15) is 13.2 Å². The maximum absolute atomic E-state index is 12.2. The fourth-order valence-electron chi connectivity index (χ4n) is 0.691. The molecule has 0 saturated carbocycles. The van der Waals surface area contributed by atoms with E-state index in [-0.39, 0.29) is 4.88 Å². The summed E-state index contributed by atoms with van der Waals surface area (Å²) in [5.74, 6) is 0. The fraction of sp³-hybridized carbons (Fsp3) is 0.333. The Morgan fingerprint density at radius 1 is 1.62 bits per heavy atom. The largest absolute Gasteiger partial charge is 0.419 e. The van der Waals surface area contributed by atoms with Crippen LogP contribution >= 0.6 is 27.3 Å². The number of hydrogen-bond donors (Lipinski definition) is 0. The number of rotatable bonds is 2. The number of alkyl halides is 3. The molecule has 1 unspecified atom stereocenters. The summed E-state index contributed by atoms with van der Waals surface area (Å²) in [5.41, 5.74) is 0. The van der Waals surface area contributed by atoms with Gasteiger partial charge in [-0.05, 0) is 15.9 Å². The Hall–Kier alpha value is -0.140. The van der Waals surface area contributed by atoms with Crippen molar-refractivity contribution in [1.82, 2.24) is 4.98 Å². The maximum Gasteiger partial charge on any atom is 0.419 e. The van der Waals surface area contributed by atoms with Crippen LogP contribution in [-0.2, 0) is 4.74 Å². The molecule has 0 aliphatic heterocycles. The Morgan fingerprint density at radius 2 is 2.23 bits per heavy atom. The van der Waals surface area contributed by atoms with Crippen molar-refractivity contribution < 1.29 is 17.9 Å². The monoisotopic (exact) mass is 273 g/mol. The van der Waals surface area contributed by atoms with Gasteiger partial charge in [-0.3, -0.25) is 0 Å². The van der Waals surface area contributed by atoms with Crippen LogP contribution in [0.3, 0.4) is 0 Å². The molecule has 0 amide bonds. The van der Waals surface area contributed by atoms with E-state index in [0.29, 0.717) is 3.92 Å². The number of thiazole rings is 1. The Balaban J connectivity index is 2.91. The topological polar surface area (TPSA) is 22.1 Å². The third-order valence-electron chi connectivity index (χ3n) is 1.19. The molecule has 1 rings (SSSR count). The van der Waals surface area contributed by atoms with Crippen molar-refractivity contribution in [3.05, 3.63) is 22.1 Å². The highest BCUT2D eigenvalue weighted by Crippen LogP contribution is 2.38. The number of aromatic nitrogens is 1. The van der Waals surface area contributed by atoms with Gasteiger partial charge in [-0.25, -0.2) is 4.98 Å². The molecule has 2 nitrogen and oxygen atoms in total. The molecule has 1 atom stereocenters. The van der Waals surface area contributed by atoms with Crippen molar-refractivity contribution >= 4 is 27.3 Å². The second kappa shape index (κ2) is 3.93. The number of ether oxygens (including phenoxy) is 1. The summed E-state index contributed by atoms with van der Waals surface area (Å²) in [6.45, 7) is 0. The van der Waals surface area contributed by atoms with Crippen molar-refractivity contribution in [2.24, 2.45) is 0 Å². The van der Waals surface area contributed by atoms with Crippen LogP contribution in [0.25, 0.3) is 0 Å². The van der Waals surface area contributed by atoms with Crippen molar-refractivity contribution in [3.8, 4) is 0 Å². The van der Waals surface area contributed by atoms with E-state index in [4.69, 9.17) is 0 Å². The van der Waals surface area contributed by atoms with E-state index in [1.165, 1.54) is 0 Å². The average Bonchev–Trinajstić information content (AvgIpc) is 2.34. The standard InChI is InChI=1S/C6H3BrF3NOS/c1-12-4(6(8,9)10)3-2-11-5(7)13-3/h1-2,4H. The van der Waals surface area contributed by atoms with Gasteiger partial charge in [-0.1, -0.05) is 0 Å². The lowest BCUT2D eigenvalue weighted by molar-refractivity contribution is -0.208. The van der Waals surface area contributed by atoms with Crippen molar-refractivity contribution in [2.75, 3.05) is 0 Å². The quantitative estimate of drug-likeness (QED) is 0.826. The lowest BCUT2D eigenvalue weighted by atomic mass is 10.3. The van der Waals surface area contributed by atoms with Gasteiger partial charge in [0.2, 0.25) is 0 Å². The van der Waals surface area contributed by atoms with E-state index < -0.39 is 12.3 Å². The Morgan fingerprint density at radius 3 is 2.54 bits per heavy atom. The second-order valence-electron chi connectivity index (χ2n) is 2.07. The number of halogens is 4. The lowest BCUT2D eigenvalue weighted by Crippen LogP contribution is -2.20. The number of hydrogen-bond acceptors (Lipinski definition) is 3. The molecule has 0 N–H and O–H groups in total. The van der Waals surface area contributed by atoms with Crippen LogP contribution < -0.4 is 0 Å². The van der Waals surface area contributed by atoms with Gasteiger partial charge in [0.05, 0.1) is 4.88 Å². The third-order valence-corrected chi connectivity index (χ3v) is 2.71. The molecule has 1 heterocycles. The van der Waals surface area contributed by atoms with Gasteiger partial charge in [0.25, 0.3) is 0 Å². The van der Waals surface area contributed by atoms with Gasteiger partial charge in [0, 0.05) is 6.20 Å². The Kier molecular flexibility index (Phi) is 3.31. The molecule has 1 aromatic rings. The molecule has 2 radical (unpaired) electrons. The zero-order chi connectivity index (χ0) is 10.1. The third kappa shape index (κ3) is 2.65. The van der Waals surface area contributed by atoms with E-state index in [2.05, 4.69) is 32.8 Å². The van der Waals surface area contributed by atoms with Crippen LogP contribution in [0.1, 0.15) is 11.0 Å². The SMILES string of the molecule is [CH]OC(c1cnc(Br)s1)C(F)(F)F. The zero-order valence-corrected chi connectivity index (χ0v) is 8.41. The minimum Gasteiger partial charge on any atom is -0.354 e. The minimum atomic E-state index is -4.51. The molecular weight excluding hydrogens is 271 g/mol. The van der Waals surface area contributed by atoms with Crippen molar-refractivity contribution in [2.45, 2.75) is 12.3 Å². The fourth-order valence-corrected chi connectivity index (χ4v) is 2.06. The van der Waals surface area contributed by atoms with Gasteiger partial charge in [0.15, 0.2) is 10.0 Å². The van der Waals surface area contributed by atoms with E-state index in [1.807, 2.05) is 0 Å². The molecule has 72 valence electrons. The highest BCUT2D eigenvalue weighted by Gasteiger charge is 2.42. The van der Waals surface area contributed by atoms with Crippen LogP contribution in [0.5, 0.6) is 0 Å². The number of nitrogens with zero attached hydrogens (tertiary/aromatic N) is 1. The van der Waals surface area contributed by atoms with Crippen molar-refractivity contribution in [3.63, 3.8) is 0 Å². The first kappa shape index (κ1) is 10.9. The van der Waals surface area contributed by atoms with Gasteiger partial charge in [0.1, 0.15) is 7.11 Å². The summed E-state index contributed by atoms with van der Waals surface area (Å²) in [7, 11) is 4.54. The van der Waals surface area contributed by atoms with Crippen LogP contribution in [0.4, 0.5) is 13.2 Å². The van der Waals surface area contributed by atoms with E-state index >= 15 is 0 Å². The zero-order valence-electron chi connectivity index (χ0n) is 6.01. The van der Waals surface area contributed by atoms with Crippen LogP contribution in [0.2, 0.25) is 0 Å². The first-order valence-electron chi connectivity index (χ1n) is 2.98. The van der Waals surface area contributed by atoms with Crippen LogP contribution in [-0.4, -0.2) is 11.2 Å². The highest BCUT2D eigenvalue weighted by atomic mass is 79.9.